The molecule has 0 aliphatic rings. The number of hydrogen-bond acceptors (Lipinski definition) is 5. The van der Waals surface area contributed by atoms with E-state index >= 15 is 0 Å². The number of esters is 1. The van der Waals surface area contributed by atoms with Crippen molar-refractivity contribution in [3.8, 4) is 5.88 Å². The van der Waals surface area contributed by atoms with E-state index in [0.29, 0.717) is 17.7 Å². The van der Waals surface area contributed by atoms with Crippen LogP contribution in [0.5, 0.6) is 5.88 Å². The fraction of sp³-hybridized carbons (Fsp3) is 0.368. The monoisotopic (exact) mass is 328 g/mol. The van der Waals surface area contributed by atoms with E-state index < -0.39 is 12.1 Å². The number of nitrogens with zero attached hydrogens (tertiary/aromatic N) is 2. The highest BCUT2D eigenvalue weighted by Gasteiger charge is 2.20. The first-order chi connectivity index (χ1) is 11.5. The molecule has 0 aliphatic carbocycles. The quantitative estimate of drug-likeness (QED) is 0.792. The van der Waals surface area contributed by atoms with Crippen LogP contribution < -0.4 is 4.74 Å². The summed E-state index contributed by atoms with van der Waals surface area (Å²) in [5.41, 5.74) is 1.89. The van der Waals surface area contributed by atoms with Gasteiger partial charge in [-0.3, -0.25) is 0 Å². The van der Waals surface area contributed by atoms with Gasteiger partial charge in [0.25, 0.3) is 0 Å². The van der Waals surface area contributed by atoms with Crippen LogP contribution in [0.2, 0.25) is 0 Å². The van der Waals surface area contributed by atoms with Gasteiger partial charge in [0, 0.05) is 18.3 Å². The second-order valence-electron chi connectivity index (χ2n) is 5.66. The zero-order valence-corrected chi connectivity index (χ0v) is 14.4. The third kappa shape index (κ3) is 4.63. The molecule has 1 unspecified atom stereocenters. The van der Waals surface area contributed by atoms with Gasteiger partial charge in [-0.25, -0.2) is 9.78 Å². The number of aryl methyl sites for hydroxylation is 1. The van der Waals surface area contributed by atoms with Gasteiger partial charge in [-0.15, -0.1) is 0 Å². The van der Waals surface area contributed by atoms with Crippen molar-refractivity contribution in [2.24, 2.45) is 0 Å². The van der Waals surface area contributed by atoms with Crippen molar-refractivity contribution < 1.29 is 14.6 Å². The van der Waals surface area contributed by atoms with Crippen LogP contribution >= 0.6 is 0 Å². The maximum atomic E-state index is 12.3. The molecule has 24 heavy (non-hydrogen) atoms. The normalized spacial score (nSPS) is 12.2. The topological polar surface area (TPSA) is 62.7 Å². The summed E-state index contributed by atoms with van der Waals surface area (Å²) in [6, 6.07) is 10.6. The Hall–Kier alpha value is -2.24. The Morgan fingerprint density at radius 2 is 1.92 bits per heavy atom. The SMILES string of the molecule is CCN(CC)CC(O)c1cc(C)cnc1OC(=O)c1ccccc1. The summed E-state index contributed by atoms with van der Waals surface area (Å²) in [6.07, 6.45) is 0.859. The highest BCUT2D eigenvalue weighted by atomic mass is 16.5. The molecule has 1 aromatic carbocycles. The van der Waals surface area contributed by atoms with Crippen LogP contribution in [-0.4, -0.2) is 40.6 Å². The van der Waals surface area contributed by atoms with E-state index in [1.807, 2.05) is 32.9 Å². The number of carbonyl (C=O) groups is 1. The number of carbonyl (C=O) groups excluding carboxylic acids is 1. The second-order valence-corrected chi connectivity index (χ2v) is 5.66. The number of hydrogen-bond donors (Lipinski definition) is 1. The molecule has 5 nitrogen and oxygen atoms in total. The molecule has 1 aromatic heterocycles. The Bertz CT molecular complexity index is 670. The van der Waals surface area contributed by atoms with Gasteiger partial charge in [-0.05, 0) is 43.8 Å². The van der Waals surface area contributed by atoms with Crippen molar-refractivity contribution in [2.45, 2.75) is 26.9 Å². The van der Waals surface area contributed by atoms with E-state index in [0.717, 1.165) is 18.7 Å². The van der Waals surface area contributed by atoms with Crippen molar-refractivity contribution in [1.29, 1.82) is 0 Å². The maximum Gasteiger partial charge on any atom is 0.344 e. The second kappa shape index (κ2) is 8.57. The molecule has 2 aromatic rings. The van der Waals surface area contributed by atoms with Crippen LogP contribution in [0.25, 0.3) is 0 Å². The lowest BCUT2D eigenvalue weighted by molar-refractivity contribution is 0.0711. The minimum atomic E-state index is -0.768. The van der Waals surface area contributed by atoms with Crippen molar-refractivity contribution >= 4 is 5.97 Å². The number of aliphatic hydroxyl groups excluding tert-OH is 1. The van der Waals surface area contributed by atoms with Crippen molar-refractivity contribution in [3.63, 3.8) is 0 Å². The van der Waals surface area contributed by atoms with Gasteiger partial charge >= 0.3 is 5.97 Å². The Morgan fingerprint density at radius 3 is 2.54 bits per heavy atom. The van der Waals surface area contributed by atoms with E-state index in [2.05, 4.69) is 9.88 Å². The summed E-state index contributed by atoms with van der Waals surface area (Å²) >= 11 is 0. The lowest BCUT2D eigenvalue weighted by Gasteiger charge is -2.23. The van der Waals surface area contributed by atoms with E-state index in [-0.39, 0.29) is 5.88 Å². The number of aliphatic hydroxyl groups is 1. The molecule has 0 saturated heterocycles. The Kier molecular flexibility index (Phi) is 6.46. The Morgan fingerprint density at radius 1 is 1.25 bits per heavy atom. The van der Waals surface area contributed by atoms with E-state index in [9.17, 15) is 9.90 Å². The van der Waals surface area contributed by atoms with Crippen LogP contribution in [-0.2, 0) is 0 Å². The first kappa shape index (κ1) is 18.1. The standard InChI is InChI=1S/C19H24N2O3/c1-4-21(5-2)13-17(22)16-11-14(3)12-20-18(16)24-19(23)15-9-7-6-8-10-15/h6-12,17,22H,4-5,13H2,1-3H3. The number of likely N-dealkylation sites (N-methyl/N-ethyl adjacent to an activating group) is 1. The zero-order chi connectivity index (χ0) is 17.5. The van der Waals surface area contributed by atoms with Gasteiger partial charge in [-0.2, -0.15) is 0 Å². The molecule has 5 heteroatoms. The van der Waals surface area contributed by atoms with Crippen LogP contribution in [0, 0.1) is 6.92 Å². The van der Waals surface area contributed by atoms with Crippen LogP contribution in [0.3, 0.4) is 0 Å². The molecule has 0 aliphatic heterocycles. The predicted molar refractivity (Wildman–Crippen MR) is 93.1 cm³/mol. The first-order valence-corrected chi connectivity index (χ1v) is 8.19. The molecule has 0 amide bonds. The molecular weight excluding hydrogens is 304 g/mol. The molecular formula is C19H24N2O3. The largest absolute Gasteiger partial charge is 0.403 e. The molecule has 0 bridgehead atoms. The maximum absolute atomic E-state index is 12.3. The molecule has 0 saturated carbocycles. The molecule has 1 N–H and O–H groups in total. The van der Waals surface area contributed by atoms with E-state index in [1.165, 1.54) is 0 Å². The number of rotatable bonds is 7. The van der Waals surface area contributed by atoms with E-state index in [1.54, 1.807) is 30.5 Å². The van der Waals surface area contributed by atoms with Crippen LogP contribution in [0.1, 0.15) is 41.4 Å². The smallest absolute Gasteiger partial charge is 0.344 e. The van der Waals surface area contributed by atoms with Gasteiger partial charge in [0.15, 0.2) is 0 Å². The molecule has 1 heterocycles. The van der Waals surface area contributed by atoms with Crippen molar-refractivity contribution in [2.75, 3.05) is 19.6 Å². The fourth-order valence-corrected chi connectivity index (χ4v) is 2.45. The predicted octanol–water partition coefficient (Wildman–Crippen LogP) is 2.98. The average Bonchev–Trinajstić information content (AvgIpc) is 2.61. The lowest BCUT2D eigenvalue weighted by Crippen LogP contribution is -2.28. The highest BCUT2D eigenvalue weighted by molar-refractivity contribution is 5.90. The van der Waals surface area contributed by atoms with Gasteiger partial charge in [0.1, 0.15) is 0 Å². The first-order valence-electron chi connectivity index (χ1n) is 8.19. The number of benzene rings is 1. The van der Waals surface area contributed by atoms with Gasteiger partial charge in [-0.1, -0.05) is 32.0 Å². The van der Waals surface area contributed by atoms with Gasteiger partial charge in [0.05, 0.1) is 11.7 Å². The third-order valence-corrected chi connectivity index (χ3v) is 3.90. The van der Waals surface area contributed by atoms with Crippen molar-refractivity contribution in [3.05, 3.63) is 59.3 Å². The number of pyridine rings is 1. The zero-order valence-electron chi connectivity index (χ0n) is 14.4. The molecule has 128 valence electrons. The summed E-state index contributed by atoms with van der Waals surface area (Å²) in [7, 11) is 0. The average molecular weight is 328 g/mol. The lowest BCUT2D eigenvalue weighted by atomic mass is 10.1. The highest BCUT2D eigenvalue weighted by Crippen LogP contribution is 2.25. The summed E-state index contributed by atoms with van der Waals surface area (Å²) < 4.78 is 5.43. The molecule has 0 fully saturated rings. The Balaban J connectivity index is 2.22. The van der Waals surface area contributed by atoms with Crippen LogP contribution in [0.15, 0.2) is 42.6 Å². The van der Waals surface area contributed by atoms with Gasteiger partial charge < -0.3 is 14.7 Å². The van der Waals surface area contributed by atoms with Gasteiger partial charge in [0.2, 0.25) is 5.88 Å². The minimum Gasteiger partial charge on any atom is -0.403 e. The van der Waals surface area contributed by atoms with Crippen molar-refractivity contribution in [1.82, 2.24) is 9.88 Å². The molecule has 0 spiro atoms. The Labute approximate surface area is 142 Å². The summed E-state index contributed by atoms with van der Waals surface area (Å²) in [6.45, 7) is 8.12. The summed E-state index contributed by atoms with van der Waals surface area (Å²) in [4.78, 5) is 18.6. The summed E-state index contributed by atoms with van der Waals surface area (Å²) in [5, 5.41) is 10.6. The number of aromatic nitrogens is 1. The molecule has 0 radical (unpaired) electrons. The number of ether oxygens (including phenoxy) is 1. The third-order valence-electron chi connectivity index (χ3n) is 3.90. The molecule has 2 rings (SSSR count). The van der Waals surface area contributed by atoms with E-state index in [4.69, 9.17) is 4.74 Å². The van der Waals surface area contributed by atoms with Crippen LogP contribution in [0.4, 0.5) is 0 Å². The molecule has 1 atom stereocenters. The minimum absolute atomic E-state index is 0.161. The fourth-order valence-electron chi connectivity index (χ4n) is 2.45. The summed E-state index contributed by atoms with van der Waals surface area (Å²) in [5.74, 6) is -0.322.